The molecule has 1 heterocycles. The molecule has 0 saturated heterocycles. The molecule has 0 saturated carbocycles. The van der Waals surface area contributed by atoms with Gasteiger partial charge in [-0.2, -0.15) is 0 Å². The molecular formula is C9H12BrNO2S. The Kier molecular flexibility index (Phi) is 3.34. The van der Waals surface area contributed by atoms with E-state index in [1.807, 2.05) is 25.3 Å². The van der Waals surface area contributed by atoms with Gasteiger partial charge in [-0.15, -0.1) is 11.3 Å². The van der Waals surface area contributed by atoms with E-state index in [4.69, 9.17) is 10.8 Å². The first-order valence-electron chi connectivity index (χ1n) is 4.09. The zero-order chi connectivity index (χ0) is 10.9. The SMILES string of the molecule is CC(C)(c1sccc1Br)C(N)C(=O)O. The van der Waals surface area contributed by atoms with Gasteiger partial charge in [-0.25, -0.2) is 0 Å². The van der Waals surface area contributed by atoms with Gasteiger partial charge in [0.2, 0.25) is 0 Å². The highest BCUT2D eigenvalue weighted by Crippen LogP contribution is 2.36. The Bertz CT molecular complexity index is 348. The Balaban J connectivity index is 3.07. The molecule has 5 heteroatoms. The van der Waals surface area contributed by atoms with Gasteiger partial charge < -0.3 is 10.8 Å². The monoisotopic (exact) mass is 277 g/mol. The number of hydrogen-bond donors (Lipinski definition) is 2. The summed E-state index contributed by atoms with van der Waals surface area (Å²) in [5.74, 6) is -0.977. The van der Waals surface area contributed by atoms with Crippen LogP contribution < -0.4 is 5.73 Å². The van der Waals surface area contributed by atoms with Gasteiger partial charge in [0.1, 0.15) is 6.04 Å². The molecule has 1 atom stereocenters. The van der Waals surface area contributed by atoms with E-state index in [0.29, 0.717) is 0 Å². The van der Waals surface area contributed by atoms with Crippen LogP contribution in [-0.2, 0) is 10.2 Å². The first-order valence-corrected chi connectivity index (χ1v) is 5.76. The van der Waals surface area contributed by atoms with E-state index in [1.165, 1.54) is 11.3 Å². The summed E-state index contributed by atoms with van der Waals surface area (Å²) in [4.78, 5) is 11.8. The van der Waals surface area contributed by atoms with Crippen molar-refractivity contribution in [1.29, 1.82) is 0 Å². The van der Waals surface area contributed by atoms with Crippen LogP contribution in [0.25, 0.3) is 0 Å². The molecular weight excluding hydrogens is 266 g/mol. The van der Waals surface area contributed by atoms with Crippen molar-refractivity contribution in [2.24, 2.45) is 5.73 Å². The fourth-order valence-corrected chi connectivity index (χ4v) is 3.25. The first kappa shape index (κ1) is 11.7. The van der Waals surface area contributed by atoms with Crippen molar-refractivity contribution in [2.75, 3.05) is 0 Å². The number of carbonyl (C=O) groups is 1. The summed E-state index contributed by atoms with van der Waals surface area (Å²) in [5, 5.41) is 10.8. The Morgan fingerprint density at radius 2 is 2.29 bits per heavy atom. The minimum absolute atomic E-state index is 0.557. The van der Waals surface area contributed by atoms with Crippen LogP contribution in [0.3, 0.4) is 0 Å². The first-order chi connectivity index (χ1) is 6.37. The number of hydrogen-bond acceptors (Lipinski definition) is 3. The van der Waals surface area contributed by atoms with Crippen molar-refractivity contribution in [3.8, 4) is 0 Å². The van der Waals surface area contributed by atoms with E-state index in [1.54, 1.807) is 0 Å². The average Bonchev–Trinajstić information content (AvgIpc) is 2.50. The van der Waals surface area contributed by atoms with Crippen LogP contribution in [0.4, 0.5) is 0 Å². The highest BCUT2D eigenvalue weighted by molar-refractivity contribution is 9.10. The molecule has 0 radical (unpaired) electrons. The molecule has 0 aliphatic heterocycles. The third kappa shape index (κ3) is 1.99. The summed E-state index contributed by atoms with van der Waals surface area (Å²) in [6.45, 7) is 3.67. The van der Waals surface area contributed by atoms with Crippen LogP contribution >= 0.6 is 27.3 Å². The topological polar surface area (TPSA) is 63.3 Å². The molecule has 0 aliphatic rings. The summed E-state index contributed by atoms with van der Waals surface area (Å²) in [5.41, 5.74) is 5.08. The Labute approximate surface area is 95.1 Å². The number of halogens is 1. The van der Waals surface area contributed by atoms with Crippen molar-refractivity contribution >= 4 is 33.2 Å². The lowest BCUT2D eigenvalue weighted by molar-refractivity contribution is -0.140. The van der Waals surface area contributed by atoms with E-state index < -0.39 is 17.4 Å². The van der Waals surface area contributed by atoms with Crippen molar-refractivity contribution in [3.63, 3.8) is 0 Å². The van der Waals surface area contributed by atoms with E-state index in [0.717, 1.165) is 9.35 Å². The summed E-state index contributed by atoms with van der Waals surface area (Å²) in [7, 11) is 0. The maximum absolute atomic E-state index is 10.8. The maximum atomic E-state index is 10.8. The molecule has 1 aromatic rings. The van der Waals surface area contributed by atoms with Gasteiger partial charge in [0.15, 0.2) is 0 Å². The molecule has 1 unspecified atom stereocenters. The second-order valence-electron chi connectivity index (χ2n) is 3.64. The van der Waals surface area contributed by atoms with Crippen LogP contribution in [0.2, 0.25) is 0 Å². The zero-order valence-corrected chi connectivity index (χ0v) is 10.4. The molecule has 0 fully saturated rings. The van der Waals surface area contributed by atoms with E-state index in [-0.39, 0.29) is 0 Å². The quantitative estimate of drug-likeness (QED) is 0.891. The highest BCUT2D eigenvalue weighted by atomic mass is 79.9. The number of aliphatic carboxylic acids is 1. The van der Waals surface area contributed by atoms with Crippen LogP contribution in [0.5, 0.6) is 0 Å². The lowest BCUT2D eigenvalue weighted by atomic mass is 9.83. The molecule has 0 aromatic carbocycles. The molecule has 1 rings (SSSR count). The smallest absolute Gasteiger partial charge is 0.321 e. The predicted octanol–water partition coefficient (Wildman–Crippen LogP) is 2.20. The largest absolute Gasteiger partial charge is 0.480 e. The predicted molar refractivity (Wildman–Crippen MR) is 60.7 cm³/mol. The zero-order valence-electron chi connectivity index (χ0n) is 7.95. The van der Waals surface area contributed by atoms with Crippen molar-refractivity contribution in [2.45, 2.75) is 25.3 Å². The average molecular weight is 278 g/mol. The Morgan fingerprint density at radius 1 is 1.71 bits per heavy atom. The second kappa shape index (κ2) is 4.00. The van der Waals surface area contributed by atoms with E-state index in [9.17, 15) is 4.79 Å². The molecule has 1 aromatic heterocycles. The minimum Gasteiger partial charge on any atom is -0.480 e. The maximum Gasteiger partial charge on any atom is 0.321 e. The lowest BCUT2D eigenvalue weighted by Crippen LogP contribution is -2.46. The van der Waals surface area contributed by atoms with Crippen molar-refractivity contribution in [1.82, 2.24) is 0 Å². The molecule has 3 N–H and O–H groups in total. The molecule has 0 aliphatic carbocycles. The third-order valence-corrected chi connectivity index (χ3v) is 4.42. The van der Waals surface area contributed by atoms with Gasteiger partial charge in [-0.3, -0.25) is 4.79 Å². The molecule has 14 heavy (non-hydrogen) atoms. The third-order valence-electron chi connectivity index (χ3n) is 2.25. The molecule has 78 valence electrons. The Hall–Kier alpha value is -0.390. The number of carboxylic acids is 1. The van der Waals surface area contributed by atoms with Crippen LogP contribution in [0.1, 0.15) is 18.7 Å². The van der Waals surface area contributed by atoms with Gasteiger partial charge in [0, 0.05) is 14.8 Å². The van der Waals surface area contributed by atoms with E-state index >= 15 is 0 Å². The van der Waals surface area contributed by atoms with Gasteiger partial charge in [-0.05, 0) is 27.4 Å². The van der Waals surface area contributed by atoms with Gasteiger partial charge in [-0.1, -0.05) is 13.8 Å². The highest BCUT2D eigenvalue weighted by Gasteiger charge is 2.35. The molecule has 0 spiro atoms. The normalized spacial score (nSPS) is 14.0. The molecule has 3 nitrogen and oxygen atoms in total. The number of rotatable bonds is 3. The standard InChI is InChI=1S/C9H12BrNO2S/c1-9(2,6(11)8(12)13)7-5(10)3-4-14-7/h3-4,6H,11H2,1-2H3,(H,12,13). The fourth-order valence-electron chi connectivity index (χ4n) is 1.20. The fraction of sp³-hybridized carbons (Fsp3) is 0.444. The van der Waals surface area contributed by atoms with E-state index in [2.05, 4.69) is 15.9 Å². The lowest BCUT2D eigenvalue weighted by Gasteiger charge is -2.27. The minimum atomic E-state index is -0.977. The Morgan fingerprint density at radius 3 is 2.64 bits per heavy atom. The van der Waals surface area contributed by atoms with Crippen molar-refractivity contribution in [3.05, 3.63) is 20.8 Å². The summed E-state index contributed by atoms with van der Waals surface area (Å²) in [6.07, 6.45) is 0. The number of nitrogens with two attached hydrogens (primary N) is 1. The molecule has 0 amide bonds. The number of carboxylic acid groups (broad SMARTS) is 1. The van der Waals surface area contributed by atoms with Crippen LogP contribution in [0.15, 0.2) is 15.9 Å². The number of thiophene rings is 1. The van der Waals surface area contributed by atoms with Gasteiger partial charge >= 0.3 is 5.97 Å². The summed E-state index contributed by atoms with van der Waals surface area (Å²) < 4.78 is 0.921. The summed E-state index contributed by atoms with van der Waals surface area (Å²) in [6, 6.07) is 1.01. The van der Waals surface area contributed by atoms with Crippen LogP contribution in [-0.4, -0.2) is 17.1 Å². The van der Waals surface area contributed by atoms with Gasteiger partial charge in [0.25, 0.3) is 0 Å². The summed E-state index contributed by atoms with van der Waals surface area (Å²) >= 11 is 4.89. The second-order valence-corrected chi connectivity index (χ2v) is 5.41. The van der Waals surface area contributed by atoms with Crippen molar-refractivity contribution < 1.29 is 9.90 Å². The van der Waals surface area contributed by atoms with Crippen LogP contribution in [0, 0.1) is 0 Å². The van der Waals surface area contributed by atoms with Gasteiger partial charge in [0.05, 0.1) is 0 Å². The molecule has 0 bridgehead atoms.